The van der Waals surface area contributed by atoms with Crippen molar-refractivity contribution >= 4 is 17.2 Å². The number of hydrogen-bond acceptors (Lipinski definition) is 3. The maximum atomic E-state index is 11.9. The standard InChI is InChI=1S/C16H20N2O2/c1-10(2)8-11(3)17-7-6-13-14-9-12(19)4-5-15(14)18-16(13)20/h4-6,8-10,17,19H,7H2,1-3H3,(H,18,20)/b11-8-,13-6-. The van der Waals surface area contributed by atoms with E-state index in [0.29, 0.717) is 18.0 Å². The molecule has 4 nitrogen and oxygen atoms in total. The summed E-state index contributed by atoms with van der Waals surface area (Å²) in [5, 5.41) is 15.6. The molecule has 2 rings (SSSR count). The summed E-state index contributed by atoms with van der Waals surface area (Å²) < 4.78 is 0. The molecular formula is C16H20N2O2. The van der Waals surface area contributed by atoms with Crippen LogP contribution in [0.2, 0.25) is 0 Å². The molecule has 0 aromatic heterocycles. The van der Waals surface area contributed by atoms with Crippen LogP contribution in [-0.4, -0.2) is 17.6 Å². The van der Waals surface area contributed by atoms with Crippen molar-refractivity contribution in [2.45, 2.75) is 20.8 Å². The number of phenols is 1. The number of hydrogen-bond donors (Lipinski definition) is 3. The predicted octanol–water partition coefficient (Wildman–Crippen LogP) is 2.88. The molecule has 1 aromatic rings. The van der Waals surface area contributed by atoms with Gasteiger partial charge in [-0.3, -0.25) is 4.79 Å². The van der Waals surface area contributed by atoms with Crippen LogP contribution in [-0.2, 0) is 4.79 Å². The predicted molar refractivity (Wildman–Crippen MR) is 81.3 cm³/mol. The minimum Gasteiger partial charge on any atom is -0.508 e. The number of aromatic hydroxyl groups is 1. The molecule has 0 aliphatic carbocycles. The van der Waals surface area contributed by atoms with Gasteiger partial charge in [-0.2, -0.15) is 0 Å². The molecule has 20 heavy (non-hydrogen) atoms. The van der Waals surface area contributed by atoms with Gasteiger partial charge in [0.2, 0.25) is 0 Å². The molecule has 0 unspecified atom stereocenters. The normalized spacial score (nSPS) is 16.5. The summed E-state index contributed by atoms with van der Waals surface area (Å²) in [6, 6.07) is 4.88. The number of carbonyl (C=O) groups excluding carboxylic acids is 1. The van der Waals surface area contributed by atoms with Crippen molar-refractivity contribution in [1.82, 2.24) is 5.32 Å². The number of nitrogens with one attached hydrogen (secondary N) is 2. The molecule has 1 amide bonds. The molecular weight excluding hydrogens is 252 g/mol. The number of fused-ring (bicyclic) bond motifs is 1. The maximum Gasteiger partial charge on any atom is 0.256 e. The number of rotatable bonds is 4. The third-order valence-corrected chi connectivity index (χ3v) is 3.06. The summed E-state index contributed by atoms with van der Waals surface area (Å²) in [4.78, 5) is 11.9. The molecule has 0 bridgehead atoms. The smallest absolute Gasteiger partial charge is 0.256 e. The van der Waals surface area contributed by atoms with E-state index in [2.05, 4.69) is 30.6 Å². The van der Waals surface area contributed by atoms with Gasteiger partial charge < -0.3 is 15.7 Å². The lowest BCUT2D eigenvalue weighted by Gasteiger charge is -2.06. The first-order valence-corrected chi connectivity index (χ1v) is 6.74. The summed E-state index contributed by atoms with van der Waals surface area (Å²) >= 11 is 0. The minimum absolute atomic E-state index is 0.127. The molecule has 0 radical (unpaired) electrons. The molecule has 1 aliphatic heterocycles. The van der Waals surface area contributed by atoms with E-state index in [-0.39, 0.29) is 11.7 Å². The number of benzene rings is 1. The van der Waals surface area contributed by atoms with Crippen LogP contribution in [0.25, 0.3) is 5.57 Å². The zero-order valence-electron chi connectivity index (χ0n) is 12.0. The highest BCUT2D eigenvalue weighted by molar-refractivity contribution is 6.31. The fourth-order valence-electron chi connectivity index (χ4n) is 2.25. The van der Waals surface area contributed by atoms with Crippen molar-refractivity contribution in [1.29, 1.82) is 0 Å². The van der Waals surface area contributed by atoms with E-state index in [1.807, 2.05) is 13.0 Å². The summed E-state index contributed by atoms with van der Waals surface area (Å²) in [6.07, 6.45) is 3.98. The van der Waals surface area contributed by atoms with E-state index in [1.54, 1.807) is 18.2 Å². The topological polar surface area (TPSA) is 61.4 Å². The Morgan fingerprint density at radius 2 is 2.20 bits per heavy atom. The lowest BCUT2D eigenvalue weighted by Crippen LogP contribution is -2.13. The summed E-state index contributed by atoms with van der Waals surface area (Å²) in [5.41, 5.74) is 3.18. The van der Waals surface area contributed by atoms with Crippen LogP contribution in [0, 0.1) is 5.92 Å². The quantitative estimate of drug-likeness (QED) is 0.583. The van der Waals surface area contributed by atoms with Crippen molar-refractivity contribution in [2.24, 2.45) is 5.92 Å². The fourth-order valence-corrected chi connectivity index (χ4v) is 2.25. The van der Waals surface area contributed by atoms with Gasteiger partial charge in [0.25, 0.3) is 5.91 Å². The fraction of sp³-hybridized carbons (Fsp3) is 0.312. The molecule has 0 atom stereocenters. The second-order valence-corrected chi connectivity index (χ2v) is 5.28. The summed E-state index contributed by atoms with van der Waals surface area (Å²) in [7, 11) is 0. The first-order chi connectivity index (χ1) is 9.47. The highest BCUT2D eigenvalue weighted by Crippen LogP contribution is 2.33. The van der Waals surface area contributed by atoms with Crippen molar-refractivity contribution in [3.8, 4) is 5.75 Å². The van der Waals surface area contributed by atoms with Gasteiger partial charge in [0.15, 0.2) is 0 Å². The third-order valence-electron chi connectivity index (χ3n) is 3.06. The first kappa shape index (κ1) is 14.2. The van der Waals surface area contributed by atoms with Crippen LogP contribution in [0.3, 0.4) is 0 Å². The maximum absolute atomic E-state index is 11.9. The monoisotopic (exact) mass is 272 g/mol. The Morgan fingerprint density at radius 1 is 1.45 bits per heavy atom. The Hall–Kier alpha value is -2.23. The Balaban J connectivity index is 2.12. The van der Waals surface area contributed by atoms with Gasteiger partial charge in [-0.15, -0.1) is 0 Å². The van der Waals surface area contributed by atoms with Crippen LogP contribution < -0.4 is 10.6 Å². The van der Waals surface area contributed by atoms with Crippen molar-refractivity contribution < 1.29 is 9.90 Å². The zero-order valence-corrected chi connectivity index (χ0v) is 12.0. The molecule has 0 spiro atoms. The second kappa shape index (κ2) is 5.82. The molecule has 1 aliphatic rings. The van der Waals surface area contributed by atoms with Crippen molar-refractivity contribution in [2.75, 3.05) is 11.9 Å². The lowest BCUT2D eigenvalue weighted by atomic mass is 10.1. The Kier molecular flexibility index (Phi) is 4.13. The summed E-state index contributed by atoms with van der Waals surface area (Å²) in [5.74, 6) is 0.524. The highest BCUT2D eigenvalue weighted by atomic mass is 16.3. The van der Waals surface area contributed by atoms with Crippen LogP contribution in [0.1, 0.15) is 26.3 Å². The number of phenolic OH excluding ortho intramolecular Hbond substituents is 1. The molecule has 0 saturated heterocycles. The van der Waals surface area contributed by atoms with Crippen molar-refractivity contribution in [3.05, 3.63) is 41.6 Å². The van der Waals surface area contributed by atoms with Gasteiger partial charge in [0, 0.05) is 29.1 Å². The van der Waals surface area contributed by atoms with Gasteiger partial charge >= 0.3 is 0 Å². The van der Waals surface area contributed by atoms with Gasteiger partial charge in [-0.05, 0) is 31.0 Å². The molecule has 4 heteroatoms. The Labute approximate surface area is 119 Å². The molecule has 1 heterocycles. The lowest BCUT2D eigenvalue weighted by molar-refractivity contribution is -0.110. The number of allylic oxidation sites excluding steroid dienone is 2. The van der Waals surface area contributed by atoms with E-state index in [1.165, 1.54) is 0 Å². The molecule has 0 fully saturated rings. The van der Waals surface area contributed by atoms with Crippen LogP contribution in [0.5, 0.6) is 5.75 Å². The van der Waals surface area contributed by atoms with E-state index in [0.717, 1.165) is 16.9 Å². The first-order valence-electron chi connectivity index (χ1n) is 6.74. The number of amides is 1. The van der Waals surface area contributed by atoms with Crippen LogP contribution in [0.15, 0.2) is 36.0 Å². The van der Waals surface area contributed by atoms with Crippen molar-refractivity contribution in [3.63, 3.8) is 0 Å². The number of carbonyl (C=O) groups is 1. The van der Waals surface area contributed by atoms with Crippen LogP contribution in [0.4, 0.5) is 5.69 Å². The third kappa shape index (κ3) is 3.20. The average molecular weight is 272 g/mol. The van der Waals surface area contributed by atoms with E-state index < -0.39 is 0 Å². The Morgan fingerprint density at radius 3 is 2.90 bits per heavy atom. The molecule has 1 aromatic carbocycles. The second-order valence-electron chi connectivity index (χ2n) is 5.28. The molecule has 106 valence electrons. The van der Waals surface area contributed by atoms with Gasteiger partial charge in [0.05, 0.1) is 0 Å². The van der Waals surface area contributed by atoms with Crippen LogP contribution >= 0.6 is 0 Å². The average Bonchev–Trinajstić information content (AvgIpc) is 2.65. The van der Waals surface area contributed by atoms with Gasteiger partial charge in [0.1, 0.15) is 5.75 Å². The van der Waals surface area contributed by atoms with E-state index in [4.69, 9.17) is 0 Å². The highest BCUT2D eigenvalue weighted by Gasteiger charge is 2.23. The van der Waals surface area contributed by atoms with Gasteiger partial charge in [-0.1, -0.05) is 26.0 Å². The molecule has 0 saturated carbocycles. The van der Waals surface area contributed by atoms with E-state index in [9.17, 15) is 9.90 Å². The SMILES string of the molecule is C/C(=C/C(C)C)NC/C=C1\C(=O)Nc2ccc(O)cc21. The number of anilines is 1. The largest absolute Gasteiger partial charge is 0.508 e. The Bertz CT molecular complexity index is 586. The van der Waals surface area contributed by atoms with Gasteiger partial charge in [-0.25, -0.2) is 0 Å². The van der Waals surface area contributed by atoms with E-state index >= 15 is 0 Å². The summed E-state index contributed by atoms with van der Waals surface area (Å²) in [6.45, 7) is 6.82. The zero-order chi connectivity index (χ0) is 14.7. The minimum atomic E-state index is -0.127. The molecule has 3 N–H and O–H groups in total.